The van der Waals surface area contributed by atoms with Crippen LogP contribution in [0.5, 0.6) is 0 Å². The monoisotopic (exact) mass is 450 g/mol. The molecule has 0 bridgehead atoms. The number of alkyl halides is 1. The minimum absolute atomic E-state index is 0.00611. The Hall–Kier alpha value is -0.760. The van der Waals surface area contributed by atoms with Crippen LogP contribution in [-0.2, 0) is 23.7 Å². The minimum atomic E-state index is -0.942. The second kappa shape index (κ2) is 6.22. The molecule has 0 aromatic rings. The van der Waals surface area contributed by atoms with Crippen LogP contribution in [0.2, 0.25) is 0 Å². The Labute approximate surface area is 187 Å². The molecule has 4 aliphatic carbocycles. The number of ketones is 1. The van der Waals surface area contributed by atoms with E-state index in [0.29, 0.717) is 13.0 Å². The van der Waals surface area contributed by atoms with E-state index in [1.54, 1.807) is 12.2 Å². The van der Waals surface area contributed by atoms with Gasteiger partial charge in [0.1, 0.15) is 12.2 Å². The van der Waals surface area contributed by atoms with Gasteiger partial charge < -0.3 is 24.1 Å². The molecule has 3 saturated carbocycles. The standard InChI is InChI=1S/C24H31ClO6/c1-14-8-18-17-5-4-15-9-16(26)6-7-20(15,2)23(17,25)19(27)10-21(18,3)24(14)22(30-13-31-24)11-28-12-29-22/h6-7,9,14,17-19,27H,4-5,8,10-13H2,1-3H3/t14-,17+,18+,19+,20+,21+,22?,23+,24-/m1/s1. The van der Waals surface area contributed by atoms with Crippen molar-refractivity contribution in [1.82, 2.24) is 0 Å². The summed E-state index contributed by atoms with van der Waals surface area (Å²) in [5, 5.41) is 11.8. The number of carbonyl (C=O) groups excluding carboxylic acids is 1. The number of aliphatic hydroxyl groups is 1. The van der Waals surface area contributed by atoms with Gasteiger partial charge in [-0.15, -0.1) is 11.6 Å². The van der Waals surface area contributed by atoms with E-state index >= 15 is 0 Å². The largest absolute Gasteiger partial charge is 0.391 e. The first-order valence-electron chi connectivity index (χ1n) is 11.5. The van der Waals surface area contributed by atoms with E-state index in [1.165, 1.54) is 0 Å². The lowest BCUT2D eigenvalue weighted by Crippen LogP contribution is -2.71. The number of aliphatic hydroxyl groups excluding tert-OH is 1. The fourth-order valence-corrected chi connectivity index (χ4v) is 9.26. The van der Waals surface area contributed by atoms with Crippen LogP contribution in [0, 0.1) is 28.6 Å². The molecule has 2 heterocycles. The molecule has 2 saturated heterocycles. The van der Waals surface area contributed by atoms with E-state index in [0.717, 1.165) is 24.8 Å². The van der Waals surface area contributed by atoms with E-state index in [1.807, 2.05) is 6.08 Å². The van der Waals surface area contributed by atoms with Crippen molar-refractivity contribution in [3.8, 4) is 0 Å². The van der Waals surface area contributed by atoms with Crippen molar-refractivity contribution in [1.29, 1.82) is 0 Å². The Balaban J connectivity index is 1.48. The van der Waals surface area contributed by atoms with E-state index in [-0.39, 0.29) is 42.5 Å². The molecule has 7 heteroatoms. The zero-order valence-corrected chi connectivity index (χ0v) is 19.1. The van der Waals surface area contributed by atoms with Crippen molar-refractivity contribution < 1.29 is 28.8 Å². The van der Waals surface area contributed by atoms with Gasteiger partial charge in [0.15, 0.2) is 19.4 Å². The van der Waals surface area contributed by atoms with Crippen molar-refractivity contribution in [3.05, 3.63) is 23.8 Å². The fraction of sp³-hybridized carbons (Fsp3) is 0.792. The third kappa shape index (κ3) is 2.12. The molecular formula is C24H31ClO6. The Bertz CT molecular complexity index is 889. The summed E-state index contributed by atoms with van der Waals surface area (Å²) in [6, 6.07) is 0. The number of rotatable bonds is 0. The van der Waals surface area contributed by atoms with Gasteiger partial charge in [-0.2, -0.15) is 0 Å². The first-order chi connectivity index (χ1) is 14.6. The van der Waals surface area contributed by atoms with Gasteiger partial charge in [0, 0.05) is 10.8 Å². The van der Waals surface area contributed by atoms with Gasteiger partial charge in [-0.25, -0.2) is 0 Å². The number of ether oxygens (including phenoxy) is 4. The molecule has 2 aliphatic heterocycles. The Morgan fingerprint density at radius 3 is 2.68 bits per heavy atom. The lowest BCUT2D eigenvalue weighted by Gasteiger charge is -2.64. The van der Waals surface area contributed by atoms with Gasteiger partial charge in [-0.05, 0) is 55.6 Å². The zero-order chi connectivity index (χ0) is 21.9. The summed E-state index contributed by atoms with van der Waals surface area (Å²) < 4.78 is 24.3. The van der Waals surface area contributed by atoms with Crippen LogP contribution in [0.25, 0.3) is 0 Å². The molecule has 170 valence electrons. The van der Waals surface area contributed by atoms with Crippen molar-refractivity contribution in [2.24, 2.45) is 28.6 Å². The van der Waals surface area contributed by atoms with Gasteiger partial charge in [0.25, 0.3) is 0 Å². The first-order valence-corrected chi connectivity index (χ1v) is 11.8. The quantitative estimate of drug-likeness (QED) is 0.571. The highest BCUT2D eigenvalue weighted by molar-refractivity contribution is 6.26. The maximum absolute atomic E-state index is 12.1. The van der Waals surface area contributed by atoms with E-state index in [9.17, 15) is 9.90 Å². The number of hydrogen-bond acceptors (Lipinski definition) is 6. The highest BCUT2D eigenvalue weighted by Gasteiger charge is 2.81. The van der Waals surface area contributed by atoms with Crippen molar-refractivity contribution >= 4 is 17.4 Å². The molecular weight excluding hydrogens is 420 g/mol. The number of hydrogen-bond donors (Lipinski definition) is 1. The van der Waals surface area contributed by atoms with E-state index < -0.39 is 27.8 Å². The molecule has 6 aliphatic rings. The fourth-order valence-electron chi connectivity index (χ4n) is 8.74. The summed E-state index contributed by atoms with van der Waals surface area (Å²) in [5.41, 5.74) is -0.595. The third-order valence-corrected chi connectivity index (χ3v) is 10.9. The maximum Gasteiger partial charge on any atom is 0.227 e. The molecule has 9 atom stereocenters. The van der Waals surface area contributed by atoms with Crippen LogP contribution in [0.15, 0.2) is 23.8 Å². The summed E-state index contributed by atoms with van der Waals surface area (Å²) in [7, 11) is 0. The molecule has 1 N–H and O–H groups in total. The van der Waals surface area contributed by atoms with Crippen LogP contribution in [0.3, 0.4) is 0 Å². The Morgan fingerprint density at radius 1 is 1.16 bits per heavy atom. The summed E-state index contributed by atoms with van der Waals surface area (Å²) in [4.78, 5) is 11.2. The predicted molar refractivity (Wildman–Crippen MR) is 112 cm³/mol. The topological polar surface area (TPSA) is 74.2 Å². The van der Waals surface area contributed by atoms with Gasteiger partial charge in [0.05, 0.1) is 11.0 Å². The molecule has 0 amide bonds. The highest BCUT2D eigenvalue weighted by atomic mass is 35.5. The molecule has 0 radical (unpaired) electrons. The van der Waals surface area contributed by atoms with Crippen LogP contribution in [-0.4, -0.2) is 53.4 Å². The summed E-state index contributed by atoms with van der Waals surface area (Å²) in [6.07, 6.45) is 7.59. The number of carbonyl (C=O) groups is 1. The Kier molecular flexibility index (Phi) is 4.18. The first kappa shape index (κ1) is 20.8. The van der Waals surface area contributed by atoms with E-state index in [4.69, 9.17) is 30.5 Å². The number of halogens is 1. The Morgan fingerprint density at radius 2 is 1.94 bits per heavy atom. The third-order valence-electron chi connectivity index (χ3n) is 9.99. The van der Waals surface area contributed by atoms with Gasteiger partial charge in [-0.1, -0.05) is 32.4 Å². The average molecular weight is 451 g/mol. The molecule has 0 aromatic heterocycles. The number of allylic oxidation sites excluding steroid dienone is 4. The maximum atomic E-state index is 12.1. The average Bonchev–Trinajstić information content (AvgIpc) is 3.40. The van der Waals surface area contributed by atoms with Gasteiger partial charge >= 0.3 is 0 Å². The normalized spacial score (nSPS) is 57.8. The zero-order valence-electron chi connectivity index (χ0n) is 18.4. The highest BCUT2D eigenvalue weighted by Crippen LogP contribution is 2.74. The van der Waals surface area contributed by atoms with Crippen molar-refractivity contribution in [3.63, 3.8) is 0 Å². The molecule has 6 rings (SSSR count). The van der Waals surface area contributed by atoms with E-state index in [2.05, 4.69) is 20.8 Å². The lowest BCUT2D eigenvalue weighted by atomic mass is 9.45. The SMILES string of the molecule is C[C@@H]1C[C@H]2[C@@H]3CCC4=CC(=O)C=C[C@]4(C)[C@@]3(Cl)[C@@H](O)C[C@]2(C)[C@]12OCOC21COCO1. The van der Waals surface area contributed by atoms with Crippen LogP contribution in [0.4, 0.5) is 0 Å². The minimum Gasteiger partial charge on any atom is -0.391 e. The summed E-state index contributed by atoms with van der Waals surface area (Å²) in [6.45, 7) is 7.21. The lowest BCUT2D eigenvalue weighted by molar-refractivity contribution is -0.264. The summed E-state index contributed by atoms with van der Waals surface area (Å²) in [5.74, 6) is -0.468. The second-order valence-electron chi connectivity index (χ2n) is 10.9. The molecule has 6 nitrogen and oxygen atoms in total. The van der Waals surface area contributed by atoms with Gasteiger partial charge in [-0.3, -0.25) is 4.79 Å². The molecule has 5 fully saturated rings. The number of fused-ring (bicyclic) bond motifs is 7. The van der Waals surface area contributed by atoms with Crippen molar-refractivity contribution in [2.75, 3.05) is 20.2 Å². The molecule has 2 spiro atoms. The molecule has 31 heavy (non-hydrogen) atoms. The smallest absolute Gasteiger partial charge is 0.227 e. The van der Waals surface area contributed by atoms with Crippen LogP contribution in [0.1, 0.15) is 46.5 Å². The molecule has 0 aromatic carbocycles. The second-order valence-corrected chi connectivity index (χ2v) is 11.5. The van der Waals surface area contributed by atoms with Gasteiger partial charge in [0.2, 0.25) is 5.79 Å². The van der Waals surface area contributed by atoms with Crippen molar-refractivity contribution in [2.45, 2.75) is 68.8 Å². The predicted octanol–water partition coefficient (Wildman–Crippen LogP) is 3.32. The van der Waals surface area contributed by atoms with Crippen LogP contribution < -0.4 is 0 Å². The van der Waals surface area contributed by atoms with Crippen LogP contribution >= 0.6 is 11.6 Å². The molecule has 1 unspecified atom stereocenters. The summed E-state index contributed by atoms with van der Waals surface area (Å²) >= 11 is 7.53.